The smallest absolute Gasteiger partial charge is 0.273 e. The van der Waals surface area contributed by atoms with Crippen molar-refractivity contribution < 1.29 is 9.18 Å². The molecule has 2 rings (SSSR count). The molecule has 100 valence electrons. The lowest BCUT2D eigenvalue weighted by atomic mass is 10.3. The highest BCUT2D eigenvalue weighted by Gasteiger charge is 2.14. The Morgan fingerprint density at radius 1 is 1.47 bits per heavy atom. The van der Waals surface area contributed by atoms with Gasteiger partial charge in [-0.05, 0) is 54.0 Å². The molecule has 0 spiro atoms. The molecule has 1 heterocycles. The third kappa shape index (κ3) is 3.01. The second-order valence-electron chi connectivity index (χ2n) is 4.07. The van der Waals surface area contributed by atoms with E-state index in [1.54, 1.807) is 10.7 Å². The molecule has 1 amide bonds. The fourth-order valence-electron chi connectivity index (χ4n) is 1.75. The summed E-state index contributed by atoms with van der Waals surface area (Å²) in [6.45, 7) is 4.36. The number of aromatic nitrogens is 2. The molecular weight excluding hydrogens is 313 g/mol. The van der Waals surface area contributed by atoms with Crippen LogP contribution in [0.3, 0.4) is 0 Å². The Kier molecular flexibility index (Phi) is 3.99. The number of hydrogen-bond acceptors (Lipinski definition) is 2. The topological polar surface area (TPSA) is 46.9 Å². The Hall–Kier alpha value is -1.69. The third-order valence-electron chi connectivity index (χ3n) is 2.61. The van der Waals surface area contributed by atoms with Crippen LogP contribution in [0.5, 0.6) is 0 Å². The summed E-state index contributed by atoms with van der Waals surface area (Å²) in [5.41, 5.74) is 1.79. The monoisotopic (exact) mass is 325 g/mol. The van der Waals surface area contributed by atoms with E-state index >= 15 is 0 Å². The fourth-order valence-corrected chi connectivity index (χ4v) is 2.20. The Morgan fingerprint density at radius 2 is 2.21 bits per heavy atom. The third-order valence-corrected chi connectivity index (χ3v) is 3.27. The van der Waals surface area contributed by atoms with E-state index in [1.807, 2.05) is 13.8 Å². The number of carbonyl (C=O) groups excluding carboxylic acids is 1. The molecule has 1 N–H and O–H groups in total. The molecule has 1 aromatic heterocycles. The van der Waals surface area contributed by atoms with Crippen LogP contribution in [0, 0.1) is 12.7 Å². The minimum Gasteiger partial charge on any atom is -0.320 e. The molecule has 0 unspecified atom stereocenters. The maximum Gasteiger partial charge on any atom is 0.273 e. The normalized spacial score (nSPS) is 10.5. The van der Waals surface area contributed by atoms with E-state index < -0.39 is 0 Å². The van der Waals surface area contributed by atoms with E-state index in [0.29, 0.717) is 22.4 Å². The number of nitrogens with one attached hydrogen (secondary N) is 1. The number of carbonyl (C=O) groups is 1. The van der Waals surface area contributed by atoms with E-state index in [9.17, 15) is 9.18 Å². The van der Waals surface area contributed by atoms with Crippen molar-refractivity contribution >= 4 is 27.5 Å². The van der Waals surface area contributed by atoms with E-state index in [1.165, 1.54) is 18.2 Å². The number of benzene rings is 1. The number of aryl methyl sites for hydroxylation is 2. The van der Waals surface area contributed by atoms with Crippen molar-refractivity contribution in [2.75, 3.05) is 5.32 Å². The first-order chi connectivity index (χ1) is 9.01. The summed E-state index contributed by atoms with van der Waals surface area (Å²) in [5, 5.41) is 6.94. The Labute approximate surface area is 118 Å². The summed E-state index contributed by atoms with van der Waals surface area (Å²) in [5.74, 6) is -0.630. The van der Waals surface area contributed by atoms with Crippen LogP contribution in [-0.4, -0.2) is 15.7 Å². The van der Waals surface area contributed by atoms with Crippen molar-refractivity contribution in [2.24, 2.45) is 0 Å². The molecule has 0 aliphatic carbocycles. The zero-order valence-electron chi connectivity index (χ0n) is 10.6. The summed E-state index contributed by atoms with van der Waals surface area (Å²) >= 11 is 3.21. The van der Waals surface area contributed by atoms with Gasteiger partial charge in [-0.3, -0.25) is 9.48 Å². The molecule has 0 atom stereocenters. The van der Waals surface area contributed by atoms with Crippen LogP contribution in [0.2, 0.25) is 0 Å². The van der Waals surface area contributed by atoms with Crippen LogP contribution in [-0.2, 0) is 6.54 Å². The lowest BCUT2D eigenvalue weighted by molar-refractivity contribution is 0.101. The molecule has 1 aromatic carbocycles. The van der Waals surface area contributed by atoms with Gasteiger partial charge < -0.3 is 5.32 Å². The average Bonchev–Trinajstić information content (AvgIpc) is 2.74. The van der Waals surface area contributed by atoms with Crippen molar-refractivity contribution in [1.29, 1.82) is 0 Å². The lowest BCUT2D eigenvalue weighted by Crippen LogP contribution is -2.17. The fraction of sp³-hybridized carbons (Fsp3) is 0.231. The first-order valence-electron chi connectivity index (χ1n) is 5.82. The Bertz CT molecular complexity index is 624. The van der Waals surface area contributed by atoms with Crippen LogP contribution in [0.25, 0.3) is 0 Å². The van der Waals surface area contributed by atoms with E-state index in [0.717, 1.165) is 5.69 Å². The molecule has 0 radical (unpaired) electrons. The molecule has 0 bridgehead atoms. The first kappa shape index (κ1) is 13.7. The van der Waals surface area contributed by atoms with Gasteiger partial charge in [0.05, 0.1) is 11.4 Å². The molecule has 0 fully saturated rings. The average molecular weight is 326 g/mol. The van der Waals surface area contributed by atoms with Crippen LogP contribution in [0.1, 0.15) is 23.1 Å². The van der Waals surface area contributed by atoms with Gasteiger partial charge in [0, 0.05) is 11.0 Å². The van der Waals surface area contributed by atoms with Crippen LogP contribution in [0.15, 0.2) is 28.7 Å². The molecule has 0 aliphatic rings. The maximum absolute atomic E-state index is 13.0. The predicted molar refractivity (Wildman–Crippen MR) is 74.7 cm³/mol. The van der Waals surface area contributed by atoms with E-state index in [2.05, 4.69) is 26.3 Å². The largest absolute Gasteiger partial charge is 0.320 e. The zero-order chi connectivity index (χ0) is 14.0. The minimum absolute atomic E-state index is 0.269. The second kappa shape index (κ2) is 5.52. The highest BCUT2D eigenvalue weighted by atomic mass is 79.9. The first-order valence-corrected chi connectivity index (χ1v) is 6.61. The molecule has 0 aliphatic heterocycles. The van der Waals surface area contributed by atoms with Gasteiger partial charge in [0.1, 0.15) is 11.5 Å². The van der Waals surface area contributed by atoms with Crippen molar-refractivity contribution in [3.63, 3.8) is 0 Å². The van der Waals surface area contributed by atoms with E-state index in [4.69, 9.17) is 0 Å². The molecule has 19 heavy (non-hydrogen) atoms. The SMILES string of the molecule is CCn1nc(C)cc1C(=O)Nc1ccc(F)cc1Br. The number of halogens is 2. The van der Waals surface area contributed by atoms with Crippen molar-refractivity contribution in [2.45, 2.75) is 20.4 Å². The molecule has 6 heteroatoms. The van der Waals surface area contributed by atoms with Crippen LogP contribution in [0.4, 0.5) is 10.1 Å². The van der Waals surface area contributed by atoms with E-state index in [-0.39, 0.29) is 11.7 Å². The zero-order valence-corrected chi connectivity index (χ0v) is 12.2. The predicted octanol–water partition coefficient (Wildman–Crippen LogP) is 3.37. The van der Waals surface area contributed by atoms with Gasteiger partial charge in [-0.2, -0.15) is 5.10 Å². The highest BCUT2D eigenvalue weighted by molar-refractivity contribution is 9.10. The van der Waals surface area contributed by atoms with Crippen LogP contribution >= 0.6 is 15.9 Å². The summed E-state index contributed by atoms with van der Waals surface area (Å²) in [7, 11) is 0. The van der Waals surface area contributed by atoms with Gasteiger partial charge in [-0.15, -0.1) is 0 Å². The van der Waals surface area contributed by atoms with Crippen molar-refractivity contribution in [3.05, 3.63) is 45.9 Å². The van der Waals surface area contributed by atoms with Gasteiger partial charge in [-0.25, -0.2) is 4.39 Å². The molecule has 0 saturated carbocycles. The van der Waals surface area contributed by atoms with Gasteiger partial charge in [-0.1, -0.05) is 0 Å². The summed E-state index contributed by atoms with van der Waals surface area (Å²) in [4.78, 5) is 12.2. The molecular formula is C13H13BrFN3O. The minimum atomic E-state index is -0.362. The van der Waals surface area contributed by atoms with Gasteiger partial charge in [0.25, 0.3) is 5.91 Å². The van der Waals surface area contributed by atoms with Crippen molar-refractivity contribution in [3.8, 4) is 0 Å². The number of hydrogen-bond donors (Lipinski definition) is 1. The second-order valence-corrected chi connectivity index (χ2v) is 4.92. The highest BCUT2D eigenvalue weighted by Crippen LogP contribution is 2.23. The lowest BCUT2D eigenvalue weighted by Gasteiger charge is -2.08. The van der Waals surface area contributed by atoms with Gasteiger partial charge in [0.2, 0.25) is 0 Å². The van der Waals surface area contributed by atoms with Crippen molar-refractivity contribution in [1.82, 2.24) is 9.78 Å². The quantitative estimate of drug-likeness (QED) is 0.940. The molecule has 0 saturated heterocycles. The van der Waals surface area contributed by atoms with Gasteiger partial charge in [0.15, 0.2) is 0 Å². The molecule has 4 nitrogen and oxygen atoms in total. The summed E-state index contributed by atoms with van der Waals surface area (Å²) in [6, 6.07) is 5.83. The maximum atomic E-state index is 13.0. The Balaban J connectivity index is 2.25. The number of rotatable bonds is 3. The summed E-state index contributed by atoms with van der Waals surface area (Å²) in [6.07, 6.45) is 0. The number of nitrogens with zero attached hydrogens (tertiary/aromatic N) is 2. The number of anilines is 1. The number of amides is 1. The molecule has 2 aromatic rings. The van der Waals surface area contributed by atoms with Crippen LogP contribution < -0.4 is 5.32 Å². The summed E-state index contributed by atoms with van der Waals surface area (Å²) < 4.78 is 15.1. The standard InChI is InChI=1S/C13H13BrFN3O/c1-3-18-12(6-8(2)17-18)13(19)16-11-5-4-9(15)7-10(11)14/h4-7H,3H2,1-2H3,(H,16,19). The Morgan fingerprint density at radius 3 is 2.84 bits per heavy atom. The van der Waals surface area contributed by atoms with Gasteiger partial charge >= 0.3 is 0 Å².